The summed E-state index contributed by atoms with van der Waals surface area (Å²) >= 11 is 0. The van der Waals surface area contributed by atoms with Gasteiger partial charge in [0.2, 0.25) is 10.0 Å². The maximum absolute atomic E-state index is 13.1. The highest BCUT2D eigenvalue weighted by Crippen LogP contribution is 2.29. The fourth-order valence-corrected chi connectivity index (χ4v) is 5.08. The number of likely N-dealkylation sites (N-methyl/N-ethyl adjacent to an activating group) is 1. The van der Waals surface area contributed by atoms with Crippen LogP contribution in [0.25, 0.3) is 5.69 Å². The molecule has 0 aliphatic carbocycles. The number of sulfonamides is 1. The average molecular weight is 590 g/mol. The Hall–Kier alpha value is -4.42. The van der Waals surface area contributed by atoms with Crippen molar-refractivity contribution in [2.45, 2.75) is 39.2 Å². The van der Waals surface area contributed by atoms with Gasteiger partial charge in [-0.25, -0.2) is 22.9 Å². The molecule has 3 heterocycles. The number of amides is 2. The molecule has 0 fully saturated rings. The standard InChI is InChI=1S/C30H35N7O4S/c1-30(2,3)26-18-28(37(34-26)23-9-6-20-13-15-36(4)19-21(20)16-23)33-29(38)32-22-7-10-24(11-8-22)41-25-12-14-31-27(17-25)35-42(5,39)40/h6-12,14,16-18H,13,15,19H2,1-5H3,(H,31,35)(H2,32,33,38). The molecule has 2 aromatic carbocycles. The van der Waals surface area contributed by atoms with E-state index in [1.165, 1.54) is 23.4 Å². The number of nitrogens with zero attached hydrogens (tertiary/aromatic N) is 4. The number of rotatable bonds is 7. The first-order valence-electron chi connectivity index (χ1n) is 13.5. The van der Waals surface area contributed by atoms with Crippen molar-refractivity contribution < 1.29 is 17.9 Å². The molecule has 0 radical (unpaired) electrons. The SMILES string of the molecule is CN1CCc2ccc(-n3nc(C(C)(C)C)cc3NC(=O)Nc3ccc(Oc4ccnc(NS(C)(=O)=O)c4)cc3)cc2C1. The molecule has 3 N–H and O–H groups in total. The van der Waals surface area contributed by atoms with Crippen molar-refractivity contribution in [3.05, 3.63) is 83.7 Å². The second kappa shape index (κ2) is 11.5. The number of ether oxygens (including phenoxy) is 1. The van der Waals surface area contributed by atoms with Crippen molar-refractivity contribution in [2.24, 2.45) is 0 Å². The van der Waals surface area contributed by atoms with Crippen LogP contribution >= 0.6 is 0 Å². The van der Waals surface area contributed by atoms with Gasteiger partial charge >= 0.3 is 6.03 Å². The second-order valence-electron chi connectivity index (χ2n) is 11.5. The van der Waals surface area contributed by atoms with Gasteiger partial charge in [0, 0.05) is 42.5 Å². The van der Waals surface area contributed by atoms with E-state index in [4.69, 9.17) is 9.84 Å². The Morgan fingerprint density at radius 2 is 1.71 bits per heavy atom. The summed E-state index contributed by atoms with van der Waals surface area (Å²) in [7, 11) is -1.34. The lowest BCUT2D eigenvalue weighted by atomic mass is 9.92. The average Bonchev–Trinajstić information content (AvgIpc) is 3.33. The number of pyridine rings is 1. The smallest absolute Gasteiger partial charge is 0.324 e. The molecule has 1 aliphatic heterocycles. The Balaban J connectivity index is 1.29. The van der Waals surface area contributed by atoms with Gasteiger partial charge in [-0.05, 0) is 67.1 Å². The topological polar surface area (TPSA) is 130 Å². The lowest BCUT2D eigenvalue weighted by molar-refractivity contribution is 0.262. The third-order valence-corrected chi connectivity index (χ3v) is 7.31. The van der Waals surface area contributed by atoms with Crippen molar-refractivity contribution >= 4 is 33.4 Å². The van der Waals surface area contributed by atoms with E-state index in [9.17, 15) is 13.2 Å². The van der Waals surface area contributed by atoms with Gasteiger partial charge in [-0.3, -0.25) is 10.0 Å². The zero-order valence-electron chi connectivity index (χ0n) is 24.3. The molecule has 0 unspecified atom stereocenters. The highest BCUT2D eigenvalue weighted by atomic mass is 32.2. The maximum Gasteiger partial charge on any atom is 0.324 e. The number of fused-ring (bicyclic) bond motifs is 1. The largest absolute Gasteiger partial charge is 0.457 e. The third kappa shape index (κ3) is 7.25. The lowest BCUT2D eigenvalue weighted by Crippen LogP contribution is -2.26. The highest BCUT2D eigenvalue weighted by molar-refractivity contribution is 7.92. The summed E-state index contributed by atoms with van der Waals surface area (Å²) in [5.41, 5.74) is 4.71. The van der Waals surface area contributed by atoms with Crippen LogP contribution in [0.3, 0.4) is 0 Å². The van der Waals surface area contributed by atoms with E-state index in [0.717, 1.165) is 37.1 Å². The molecular formula is C30H35N7O4S. The van der Waals surface area contributed by atoms with E-state index < -0.39 is 16.1 Å². The minimum Gasteiger partial charge on any atom is -0.457 e. The summed E-state index contributed by atoms with van der Waals surface area (Å²) < 4.78 is 32.9. The number of carbonyl (C=O) groups excluding carboxylic acids is 1. The summed E-state index contributed by atoms with van der Waals surface area (Å²) in [5, 5.41) is 10.7. The number of hydrogen-bond acceptors (Lipinski definition) is 7. The minimum atomic E-state index is -3.46. The molecular weight excluding hydrogens is 554 g/mol. The number of nitrogens with one attached hydrogen (secondary N) is 3. The van der Waals surface area contributed by atoms with Crippen LogP contribution in [-0.2, 0) is 28.4 Å². The van der Waals surface area contributed by atoms with E-state index in [1.807, 2.05) is 12.1 Å². The third-order valence-electron chi connectivity index (χ3n) is 6.73. The van der Waals surface area contributed by atoms with Crippen molar-refractivity contribution in [1.82, 2.24) is 19.7 Å². The molecule has 0 spiro atoms. The first-order chi connectivity index (χ1) is 19.8. The van der Waals surface area contributed by atoms with Crippen LogP contribution in [0.5, 0.6) is 11.5 Å². The molecule has 220 valence electrons. The van der Waals surface area contributed by atoms with Crippen LogP contribution in [0.15, 0.2) is 66.9 Å². The Morgan fingerprint density at radius 1 is 0.952 bits per heavy atom. The summed E-state index contributed by atoms with van der Waals surface area (Å²) in [4.78, 5) is 19.3. The number of hydrogen-bond donors (Lipinski definition) is 3. The van der Waals surface area contributed by atoms with Crippen LogP contribution in [0.4, 0.5) is 22.1 Å². The normalized spacial score (nSPS) is 13.7. The molecule has 12 heteroatoms. The Morgan fingerprint density at radius 3 is 2.43 bits per heavy atom. The molecule has 0 atom stereocenters. The van der Waals surface area contributed by atoms with Gasteiger partial charge in [-0.15, -0.1) is 0 Å². The maximum atomic E-state index is 13.1. The van der Waals surface area contributed by atoms with Crippen molar-refractivity contribution in [3.63, 3.8) is 0 Å². The molecule has 2 amide bonds. The molecule has 1 aliphatic rings. The summed E-state index contributed by atoms with van der Waals surface area (Å²) in [5.74, 6) is 1.63. The molecule has 11 nitrogen and oxygen atoms in total. The number of anilines is 3. The van der Waals surface area contributed by atoms with Crippen molar-refractivity contribution in [1.29, 1.82) is 0 Å². The molecule has 0 saturated heterocycles. The van der Waals surface area contributed by atoms with Crippen LogP contribution < -0.4 is 20.1 Å². The monoisotopic (exact) mass is 589 g/mol. The fraction of sp³-hybridized carbons (Fsp3) is 0.300. The van der Waals surface area contributed by atoms with Gasteiger partial charge in [-0.2, -0.15) is 5.10 Å². The van der Waals surface area contributed by atoms with Crippen molar-refractivity contribution in [3.8, 4) is 17.2 Å². The molecule has 0 bridgehead atoms. The zero-order chi connectivity index (χ0) is 30.1. The first-order valence-corrected chi connectivity index (χ1v) is 15.4. The summed E-state index contributed by atoms with van der Waals surface area (Å²) in [6.07, 6.45) is 3.51. The van der Waals surface area contributed by atoms with E-state index in [1.54, 1.807) is 35.0 Å². The van der Waals surface area contributed by atoms with Crippen LogP contribution in [0, 0.1) is 0 Å². The van der Waals surface area contributed by atoms with Gasteiger partial charge in [0.05, 0.1) is 17.6 Å². The number of benzene rings is 2. The molecule has 5 rings (SSSR count). The minimum absolute atomic E-state index is 0.154. The van der Waals surface area contributed by atoms with E-state index >= 15 is 0 Å². The van der Waals surface area contributed by atoms with Gasteiger partial charge in [0.25, 0.3) is 0 Å². The molecule has 0 saturated carbocycles. The fourth-order valence-electron chi connectivity index (χ4n) is 4.59. The first kappa shape index (κ1) is 29.1. The summed E-state index contributed by atoms with van der Waals surface area (Å²) in [6.45, 7) is 8.17. The van der Waals surface area contributed by atoms with Crippen LogP contribution in [0.2, 0.25) is 0 Å². The number of aromatic nitrogens is 3. The number of urea groups is 1. The van der Waals surface area contributed by atoms with Crippen molar-refractivity contribution in [2.75, 3.05) is 35.2 Å². The highest BCUT2D eigenvalue weighted by Gasteiger charge is 2.23. The molecule has 42 heavy (non-hydrogen) atoms. The molecule has 4 aromatic rings. The second-order valence-corrected chi connectivity index (χ2v) is 13.2. The number of carbonyl (C=O) groups is 1. The van der Waals surface area contributed by atoms with Gasteiger partial charge in [0.15, 0.2) is 0 Å². The molecule has 2 aromatic heterocycles. The Labute approximate surface area is 246 Å². The summed E-state index contributed by atoms with van der Waals surface area (Å²) in [6, 6.07) is 17.8. The van der Waals surface area contributed by atoms with Gasteiger partial charge in [0.1, 0.15) is 23.1 Å². The van der Waals surface area contributed by atoms with Gasteiger partial charge < -0.3 is 15.0 Å². The van der Waals surface area contributed by atoms with Crippen LogP contribution in [-0.4, -0.2) is 54.0 Å². The Bertz CT molecular complexity index is 1710. The quantitative estimate of drug-likeness (QED) is 0.265. The predicted octanol–water partition coefficient (Wildman–Crippen LogP) is 5.36. The van der Waals surface area contributed by atoms with Gasteiger partial charge in [-0.1, -0.05) is 26.8 Å². The zero-order valence-corrected chi connectivity index (χ0v) is 25.1. The van der Waals surface area contributed by atoms with Crippen LogP contribution in [0.1, 0.15) is 37.6 Å². The Kier molecular flexibility index (Phi) is 7.93. The predicted molar refractivity (Wildman–Crippen MR) is 164 cm³/mol. The van der Waals surface area contributed by atoms with E-state index in [2.05, 4.69) is 65.2 Å². The lowest BCUT2D eigenvalue weighted by Gasteiger charge is -2.25. The van der Waals surface area contributed by atoms with E-state index in [0.29, 0.717) is 23.0 Å². The van der Waals surface area contributed by atoms with E-state index in [-0.39, 0.29) is 11.2 Å².